The van der Waals surface area contributed by atoms with Crippen molar-refractivity contribution in [3.63, 3.8) is 0 Å². The van der Waals surface area contributed by atoms with Crippen molar-refractivity contribution in [2.75, 3.05) is 32.5 Å². The molecule has 0 bridgehead atoms. The highest BCUT2D eigenvalue weighted by Gasteiger charge is 2.28. The van der Waals surface area contributed by atoms with Crippen LogP contribution in [0.25, 0.3) is 10.4 Å². The van der Waals surface area contributed by atoms with Gasteiger partial charge in [-0.05, 0) is 81.9 Å². The Morgan fingerprint density at radius 2 is 1.70 bits per heavy atom. The van der Waals surface area contributed by atoms with Crippen LogP contribution in [0.4, 0.5) is 5.69 Å². The Morgan fingerprint density at radius 1 is 1.00 bits per heavy atom. The van der Waals surface area contributed by atoms with Gasteiger partial charge < -0.3 is 26.0 Å². The van der Waals surface area contributed by atoms with Crippen molar-refractivity contribution in [3.8, 4) is 0 Å². The van der Waals surface area contributed by atoms with Gasteiger partial charge in [-0.3, -0.25) is 14.4 Å². The highest BCUT2D eigenvalue weighted by Crippen LogP contribution is 2.13. The van der Waals surface area contributed by atoms with Crippen LogP contribution in [0.2, 0.25) is 0 Å². The van der Waals surface area contributed by atoms with E-state index in [4.69, 9.17) is 5.53 Å². The second-order valence-corrected chi connectivity index (χ2v) is 9.76. The van der Waals surface area contributed by atoms with E-state index in [1.165, 1.54) is 0 Å². The normalized spacial score (nSPS) is 12.5. The molecular formula is C26H43N7O4. The van der Waals surface area contributed by atoms with Crippen LogP contribution in [-0.2, 0) is 21.0 Å². The van der Waals surface area contributed by atoms with Gasteiger partial charge in [-0.15, -0.1) is 0 Å². The molecule has 0 aromatic heterocycles. The molecule has 0 aliphatic heterocycles. The molecule has 0 aliphatic rings. The summed E-state index contributed by atoms with van der Waals surface area (Å²) in [6, 6.07) is 5.33. The number of rotatable bonds is 18. The maximum atomic E-state index is 13.2. The van der Waals surface area contributed by atoms with E-state index in [-0.39, 0.29) is 30.8 Å². The Balaban J connectivity index is 2.79. The van der Waals surface area contributed by atoms with Crippen LogP contribution in [0.5, 0.6) is 0 Å². The molecular weight excluding hydrogens is 474 g/mol. The Hall–Kier alpha value is -3.14. The van der Waals surface area contributed by atoms with Gasteiger partial charge in [0.15, 0.2) is 0 Å². The van der Waals surface area contributed by atoms with Crippen molar-refractivity contribution < 1.29 is 19.5 Å². The smallest absolute Gasteiger partial charge is 0.246 e. The zero-order valence-electron chi connectivity index (χ0n) is 22.6. The number of aliphatic hydroxyl groups excluding tert-OH is 1. The Kier molecular flexibility index (Phi) is 15.6. The molecule has 0 aliphatic carbocycles. The average Bonchev–Trinajstić information content (AvgIpc) is 2.86. The molecule has 1 aromatic carbocycles. The van der Waals surface area contributed by atoms with Crippen LogP contribution in [0.15, 0.2) is 29.4 Å². The number of unbranched alkanes of at least 4 members (excludes halogenated alkanes) is 3. The molecule has 0 heterocycles. The van der Waals surface area contributed by atoms with Crippen LogP contribution in [0.1, 0.15) is 64.4 Å². The van der Waals surface area contributed by atoms with Gasteiger partial charge in [-0.25, -0.2) is 0 Å². The van der Waals surface area contributed by atoms with Crippen LogP contribution in [0, 0.1) is 5.92 Å². The van der Waals surface area contributed by atoms with E-state index in [0.29, 0.717) is 31.5 Å². The summed E-state index contributed by atoms with van der Waals surface area (Å²) in [7, 11) is 3.97. The summed E-state index contributed by atoms with van der Waals surface area (Å²) < 4.78 is 0. The monoisotopic (exact) mass is 517 g/mol. The molecule has 206 valence electrons. The number of amides is 3. The fraction of sp³-hybridized carbons (Fsp3) is 0.654. The largest absolute Gasteiger partial charge is 0.392 e. The van der Waals surface area contributed by atoms with Gasteiger partial charge in [0.2, 0.25) is 17.7 Å². The lowest BCUT2D eigenvalue weighted by molar-refractivity contribution is -0.132. The van der Waals surface area contributed by atoms with Gasteiger partial charge in [0.25, 0.3) is 0 Å². The zero-order valence-corrected chi connectivity index (χ0v) is 22.6. The maximum Gasteiger partial charge on any atom is 0.246 e. The molecule has 1 aromatic rings. The first-order valence-electron chi connectivity index (χ1n) is 12.9. The fourth-order valence-corrected chi connectivity index (χ4v) is 3.70. The van der Waals surface area contributed by atoms with Gasteiger partial charge in [0.05, 0.1) is 6.61 Å². The number of aliphatic hydroxyl groups is 1. The number of hydrogen-bond donors (Lipinski definition) is 4. The molecule has 2 atom stereocenters. The van der Waals surface area contributed by atoms with Crippen molar-refractivity contribution in [2.45, 2.75) is 77.5 Å². The number of carbonyl (C=O) groups excluding carboxylic acids is 3. The molecule has 1 rings (SSSR count). The van der Waals surface area contributed by atoms with Gasteiger partial charge in [0.1, 0.15) is 12.1 Å². The molecule has 37 heavy (non-hydrogen) atoms. The number of benzene rings is 1. The van der Waals surface area contributed by atoms with Gasteiger partial charge in [-0.2, -0.15) is 0 Å². The standard InChI is InChI=1S/C26H43N7O4/c1-19(2)24(31-23(35)11-6-5-8-16-28-32-27)26(37)30-22(10-7-9-17-33(3)4)25(36)29-21-14-12-20(18-34)13-15-21/h12-15,19,22,24,34H,5-11,16-18H2,1-4H3,(H,29,36)(H,30,37)(H,31,35)/t22-,24-/m0/s1. The van der Waals surface area contributed by atoms with E-state index in [9.17, 15) is 19.5 Å². The minimum absolute atomic E-state index is 0.0865. The number of carbonyl (C=O) groups is 3. The van der Waals surface area contributed by atoms with Crippen LogP contribution < -0.4 is 16.0 Å². The average molecular weight is 518 g/mol. The quantitative estimate of drug-likeness (QED) is 0.102. The molecule has 11 heteroatoms. The van der Waals surface area contributed by atoms with Crippen molar-refractivity contribution >= 4 is 23.4 Å². The van der Waals surface area contributed by atoms with E-state index < -0.39 is 18.0 Å². The summed E-state index contributed by atoms with van der Waals surface area (Å²) in [5.41, 5.74) is 9.61. The molecule has 3 amide bonds. The number of azide groups is 1. The zero-order chi connectivity index (χ0) is 27.6. The van der Waals surface area contributed by atoms with Gasteiger partial charge >= 0.3 is 0 Å². The second kappa shape index (κ2) is 18.2. The summed E-state index contributed by atoms with van der Waals surface area (Å²) in [4.78, 5) is 43.5. The fourth-order valence-electron chi connectivity index (χ4n) is 3.70. The third kappa shape index (κ3) is 13.7. The predicted molar refractivity (Wildman–Crippen MR) is 145 cm³/mol. The molecule has 0 saturated carbocycles. The van der Waals surface area contributed by atoms with E-state index >= 15 is 0 Å². The van der Waals surface area contributed by atoms with Crippen LogP contribution >= 0.6 is 0 Å². The molecule has 4 N–H and O–H groups in total. The van der Waals surface area contributed by atoms with E-state index in [2.05, 4.69) is 30.9 Å². The lowest BCUT2D eigenvalue weighted by atomic mass is 10.0. The van der Waals surface area contributed by atoms with Crippen molar-refractivity contribution in [1.29, 1.82) is 0 Å². The van der Waals surface area contributed by atoms with Crippen molar-refractivity contribution in [3.05, 3.63) is 40.3 Å². The van der Waals surface area contributed by atoms with Crippen LogP contribution in [0.3, 0.4) is 0 Å². The Morgan fingerprint density at radius 3 is 2.30 bits per heavy atom. The number of nitrogens with zero attached hydrogens (tertiary/aromatic N) is 4. The second-order valence-electron chi connectivity index (χ2n) is 9.76. The summed E-state index contributed by atoms with van der Waals surface area (Å²) in [6.45, 7) is 4.88. The third-order valence-corrected chi connectivity index (χ3v) is 5.88. The minimum Gasteiger partial charge on any atom is -0.392 e. The minimum atomic E-state index is -0.767. The topological polar surface area (TPSA) is 160 Å². The molecule has 0 radical (unpaired) electrons. The summed E-state index contributed by atoms with van der Waals surface area (Å²) in [5, 5.41) is 21.2. The first-order chi connectivity index (χ1) is 17.7. The molecule has 11 nitrogen and oxygen atoms in total. The van der Waals surface area contributed by atoms with Gasteiger partial charge in [0, 0.05) is 23.6 Å². The predicted octanol–water partition coefficient (Wildman–Crippen LogP) is 3.35. The first-order valence-corrected chi connectivity index (χ1v) is 12.9. The maximum absolute atomic E-state index is 13.2. The third-order valence-electron chi connectivity index (χ3n) is 5.88. The Bertz CT molecular complexity index is 883. The van der Waals surface area contributed by atoms with E-state index in [1.54, 1.807) is 24.3 Å². The van der Waals surface area contributed by atoms with Gasteiger partial charge in [-0.1, -0.05) is 37.5 Å². The van der Waals surface area contributed by atoms with Crippen LogP contribution in [-0.4, -0.2) is 67.0 Å². The number of hydrogen-bond acceptors (Lipinski definition) is 6. The summed E-state index contributed by atoms with van der Waals surface area (Å²) in [5.74, 6) is -1.12. The summed E-state index contributed by atoms with van der Waals surface area (Å²) in [6.07, 6.45) is 4.44. The number of nitrogens with one attached hydrogen (secondary N) is 3. The number of anilines is 1. The van der Waals surface area contributed by atoms with E-state index in [0.717, 1.165) is 31.4 Å². The first kappa shape index (κ1) is 31.9. The van der Waals surface area contributed by atoms with Crippen molar-refractivity contribution in [2.24, 2.45) is 11.0 Å². The molecule has 0 saturated heterocycles. The SMILES string of the molecule is CC(C)[C@H](NC(=O)CCCCCN=[N+]=[N-])C(=O)N[C@@H](CCCCN(C)C)C(=O)Nc1ccc(CO)cc1. The highest BCUT2D eigenvalue weighted by molar-refractivity contribution is 5.98. The highest BCUT2D eigenvalue weighted by atomic mass is 16.3. The lowest BCUT2D eigenvalue weighted by Gasteiger charge is -2.25. The van der Waals surface area contributed by atoms with Crippen molar-refractivity contribution in [1.82, 2.24) is 15.5 Å². The molecule has 0 fully saturated rings. The summed E-state index contributed by atoms with van der Waals surface area (Å²) >= 11 is 0. The molecule has 0 spiro atoms. The Labute approximate surface area is 220 Å². The molecule has 0 unspecified atom stereocenters. The lowest BCUT2D eigenvalue weighted by Crippen LogP contribution is -2.54. The van der Waals surface area contributed by atoms with E-state index in [1.807, 2.05) is 27.9 Å².